The van der Waals surface area contributed by atoms with Crippen molar-refractivity contribution >= 4 is 43.5 Å². The van der Waals surface area contributed by atoms with E-state index in [4.69, 9.17) is 19.4 Å². The van der Waals surface area contributed by atoms with Gasteiger partial charge in [0.1, 0.15) is 11.2 Å². The monoisotopic (exact) mass is 651 g/mol. The average molecular weight is 652 g/mol. The lowest BCUT2D eigenvalue weighted by Crippen LogP contribution is -2.00. The minimum atomic E-state index is 0.639. The van der Waals surface area contributed by atoms with Gasteiger partial charge in [-0.25, -0.2) is 15.0 Å². The lowest BCUT2D eigenvalue weighted by atomic mass is 9.94. The summed E-state index contributed by atoms with van der Waals surface area (Å²) in [6, 6.07) is 61.1. The third kappa shape index (κ3) is 5.13. The van der Waals surface area contributed by atoms with Crippen LogP contribution in [0.25, 0.3) is 99.9 Å². The Hall–Kier alpha value is -6.91. The van der Waals surface area contributed by atoms with Crippen LogP contribution in [0.15, 0.2) is 180 Å². The van der Waals surface area contributed by atoms with E-state index in [0.29, 0.717) is 17.5 Å². The molecule has 4 nitrogen and oxygen atoms in total. The molecule has 0 N–H and O–H groups in total. The summed E-state index contributed by atoms with van der Waals surface area (Å²) in [5.74, 6) is 1.93. The van der Waals surface area contributed by atoms with Crippen LogP contribution in [0.2, 0.25) is 0 Å². The van der Waals surface area contributed by atoms with Crippen LogP contribution in [-0.2, 0) is 0 Å². The number of benzene rings is 8. The van der Waals surface area contributed by atoms with Gasteiger partial charge in [-0.1, -0.05) is 140 Å². The topological polar surface area (TPSA) is 51.8 Å². The first-order valence-electron chi connectivity index (χ1n) is 17.1. The molecule has 2 aromatic heterocycles. The molecule has 8 aromatic carbocycles. The lowest BCUT2D eigenvalue weighted by Gasteiger charge is -2.13. The fraction of sp³-hybridized carbons (Fsp3) is 0. The van der Waals surface area contributed by atoms with Crippen LogP contribution in [0.4, 0.5) is 0 Å². The first-order chi connectivity index (χ1) is 25.2. The Kier molecular flexibility index (Phi) is 6.78. The van der Waals surface area contributed by atoms with Crippen molar-refractivity contribution in [1.29, 1.82) is 0 Å². The fourth-order valence-electron chi connectivity index (χ4n) is 7.17. The molecule has 0 amide bonds. The summed E-state index contributed by atoms with van der Waals surface area (Å²) in [5.41, 5.74) is 9.17. The highest BCUT2D eigenvalue weighted by Gasteiger charge is 2.17. The zero-order chi connectivity index (χ0) is 33.7. The van der Waals surface area contributed by atoms with Crippen molar-refractivity contribution in [2.24, 2.45) is 0 Å². The Bertz CT molecular complexity index is 2860. The predicted molar refractivity (Wildman–Crippen MR) is 209 cm³/mol. The van der Waals surface area contributed by atoms with E-state index in [1.54, 1.807) is 0 Å². The molecule has 0 saturated carbocycles. The highest BCUT2D eigenvalue weighted by atomic mass is 16.3. The zero-order valence-electron chi connectivity index (χ0n) is 27.5. The van der Waals surface area contributed by atoms with E-state index in [-0.39, 0.29) is 0 Å². The smallest absolute Gasteiger partial charge is 0.164 e. The summed E-state index contributed by atoms with van der Waals surface area (Å²) in [6.07, 6.45) is 0. The Morgan fingerprint density at radius 2 is 0.863 bits per heavy atom. The maximum atomic E-state index is 6.46. The highest BCUT2D eigenvalue weighted by molar-refractivity contribution is 6.09. The van der Waals surface area contributed by atoms with Crippen LogP contribution in [0.3, 0.4) is 0 Å². The summed E-state index contributed by atoms with van der Waals surface area (Å²) in [6.45, 7) is 0. The summed E-state index contributed by atoms with van der Waals surface area (Å²) >= 11 is 0. The molecule has 0 aliphatic heterocycles. The molecule has 0 aliphatic rings. The van der Waals surface area contributed by atoms with Crippen molar-refractivity contribution in [2.75, 3.05) is 0 Å². The predicted octanol–water partition coefficient (Wildman–Crippen LogP) is 12.4. The molecule has 0 aliphatic carbocycles. The van der Waals surface area contributed by atoms with Crippen molar-refractivity contribution < 1.29 is 4.42 Å². The zero-order valence-corrected chi connectivity index (χ0v) is 27.5. The molecule has 2 heterocycles. The van der Waals surface area contributed by atoms with Gasteiger partial charge in [-0.05, 0) is 80.2 Å². The minimum Gasteiger partial charge on any atom is -0.456 e. The van der Waals surface area contributed by atoms with Crippen LogP contribution >= 0.6 is 0 Å². The Morgan fingerprint density at radius 3 is 1.61 bits per heavy atom. The molecule has 0 saturated heterocycles. The number of furan rings is 1. The summed E-state index contributed by atoms with van der Waals surface area (Å²) in [4.78, 5) is 14.9. The van der Waals surface area contributed by atoms with Gasteiger partial charge in [0.15, 0.2) is 17.5 Å². The maximum absolute atomic E-state index is 6.46. The molecule has 0 radical (unpaired) electrons. The van der Waals surface area contributed by atoms with E-state index >= 15 is 0 Å². The largest absolute Gasteiger partial charge is 0.456 e. The van der Waals surface area contributed by atoms with E-state index in [2.05, 4.69) is 115 Å². The van der Waals surface area contributed by atoms with Gasteiger partial charge >= 0.3 is 0 Å². The molecular weight excluding hydrogens is 623 g/mol. The number of hydrogen-bond acceptors (Lipinski definition) is 4. The van der Waals surface area contributed by atoms with E-state index < -0.39 is 0 Å². The second-order valence-corrected chi connectivity index (χ2v) is 12.8. The van der Waals surface area contributed by atoms with Crippen molar-refractivity contribution in [1.82, 2.24) is 15.0 Å². The number of fused-ring (bicyclic) bond motifs is 5. The molecule has 0 spiro atoms. The standard InChI is InChI=1S/C47H29N3O/c1-3-12-31(13-4-1)45-48-46(32-14-5-2-6-15-32)50-47(49-45)41-25-24-37(38-17-9-10-18-39(38)41)36-21-23-40-42-28-35(22-26-43(42)51-44(40)29-36)34-20-19-30-11-7-8-16-33(30)27-34/h1-29H. The fourth-order valence-corrected chi connectivity index (χ4v) is 7.17. The maximum Gasteiger partial charge on any atom is 0.164 e. The van der Waals surface area contributed by atoms with Crippen LogP contribution < -0.4 is 0 Å². The van der Waals surface area contributed by atoms with Crippen molar-refractivity contribution in [3.8, 4) is 56.4 Å². The van der Waals surface area contributed by atoms with Gasteiger partial charge in [-0.2, -0.15) is 0 Å². The molecule has 51 heavy (non-hydrogen) atoms. The summed E-state index contributed by atoms with van der Waals surface area (Å²) in [5, 5.41) is 6.88. The Balaban J connectivity index is 1.08. The number of aromatic nitrogens is 3. The summed E-state index contributed by atoms with van der Waals surface area (Å²) in [7, 11) is 0. The highest BCUT2D eigenvalue weighted by Crippen LogP contribution is 2.39. The second kappa shape index (κ2) is 11.9. The Morgan fingerprint density at radius 1 is 0.294 bits per heavy atom. The van der Waals surface area contributed by atoms with E-state index in [0.717, 1.165) is 60.5 Å². The normalized spacial score (nSPS) is 11.5. The number of rotatable bonds is 5. The van der Waals surface area contributed by atoms with Gasteiger partial charge in [-0.15, -0.1) is 0 Å². The lowest BCUT2D eigenvalue weighted by molar-refractivity contribution is 0.669. The molecule has 10 aromatic rings. The molecular formula is C47H29N3O. The van der Waals surface area contributed by atoms with E-state index in [1.165, 1.54) is 21.9 Å². The van der Waals surface area contributed by atoms with Crippen molar-refractivity contribution in [2.45, 2.75) is 0 Å². The van der Waals surface area contributed by atoms with Gasteiger partial charge in [0.05, 0.1) is 0 Å². The van der Waals surface area contributed by atoms with Crippen molar-refractivity contribution in [3.05, 3.63) is 176 Å². The molecule has 238 valence electrons. The average Bonchev–Trinajstić information content (AvgIpc) is 3.58. The second-order valence-electron chi connectivity index (χ2n) is 12.8. The van der Waals surface area contributed by atoms with Crippen LogP contribution in [-0.4, -0.2) is 15.0 Å². The molecule has 10 rings (SSSR count). The van der Waals surface area contributed by atoms with Gasteiger partial charge in [0, 0.05) is 27.5 Å². The molecule has 0 fully saturated rings. The van der Waals surface area contributed by atoms with Crippen LogP contribution in [0.5, 0.6) is 0 Å². The van der Waals surface area contributed by atoms with Crippen LogP contribution in [0, 0.1) is 0 Å². The molecule has 0 atom stereocenters. The van der Waals surface area contributed by atoms with E-state index in [9.17, 15) is 0 Å². The first kappa shape index (κ1) is 29.0. The molecule has 4 heteroatoms. The SMILES string of the molecule is c1ccc(-c2nc(-c3ccccc3)nc(-c3ccc(-c4ccc5c(c4)oc4ccc(-c6ccc7ccccc7c6)cc45)c4ccccc34)n2)cc1. The minimum absolute atomic E-state index is 0.639. The molecule has 0 unspecified atom stereocenters. The van der Waals surface area contributed by atoms with Gasteiger partial charge < -0.3 is 4.42 Å². The first-order valence-corrected chi connectivity index (χ1v) is 17.1. The van der Waals surface area contributed by atoms with Crippen molar-refractivity contribution in [3.63, 3.8) is 0 Å². The number of nitrogens with zero attached hydrogens (tertiary/aromatic N) is 3. The van der Waals surface area contributed by atoms with Gasteiger partial charge in [0.25, 0.3) is 0 Å². The quantitative estimate of drug-likeness (QED) is 0.186. The third-order valence-corrected chi connectivity index (χ3v) is 9.73. The number of hydrogen-bond donors (Lipinski definition) is 0. The van der Waals surface area contributed by atoms with Gasteiger partial charge in [-0.3, -0.25) is 0 Å². The third-order valence-electron chi connectivity index (χ3n) is 9.73. The Labute approximate surface area is 294 Å². The van der Waals surface area contributed by atoms with E-state index in [1.807, 2.05) is 60.7 Å². The van der Waals surface area contributed by atoms with Crippen LogP contribution in [0.1, 0.15) is 0 Å². The summed E-state index contributed by atoms with van der Waals surface area (Å²) < 4.78 is 6.46. The molecule has 0 bridgehead atoms. The van der Waals surface area contributed by atoms with Gasteiger partial charge in [0.2, 0.25) is 0 Å².